The predicted octanol–water partition coefficient (Wildman–Crippen LogP) is 32.1. The average Bonchev–Trinajstić information content (AvgIpc) is 1.48. The highest BCUT2D eigenvalue weighted by atomic mass is 32.1. The third-order valence-corrected chi connectivity index (χ3v) is 35.9. The minimum atomic E-state index is -1.24. The van der Waals surface area contributed by atoms with Crippen molar-refractivity contribution in [3.63, 3.8) is 0 Å². The first kappa shape index (κ1) is 97.7. The van der Waals surface area contributed by atoms with Gasteiger partial charge in [-0.15, -0.1) is 56.7 Å². The molecule has 0 saturated carbocycles. The third kappa shape index (κ3) is 18.0. The van der Waals surface area contributed by atoms with Crippen LogP contribution in [-0.4, -0.2) is 31.7 Å². The summed E-state index contributed by atoms with van der Waals surface area (Å²) in [7, 11) is 0. The first-order chi connectivity index (χ1) is 67.6. The quantitative estimate of drug-likeness (QED) is 0.00953. The Bertz CT molecular complexity index is 7510. The maximum Gasteiger partial charge on any atom is 0.232 e. The van der Waals surface area contributed by atoms with Crippen molar-refractivity contribution in [1.82, 2.24) is 8.75 Å². The number of carbonyl (C=O) groups is 2. The van der Waals surface area contributed by atoms with Crippen molar-refractivity contribution in [3.8, 4) is 54.2 Å². The SMILES string of the molecule is CCCCCCc1cc(C)cc(C2(c3cc(CCCCCC)cc(CCCCCC)c3)c3cc(C4=CC=C(/C=C5\C(=O)c6cc(F)c(F)cc6C5=C(C#N)C#N)C(=NS)C4=[NH2+])sc3-c3sc4c5c(sc4c32)-c2sc3cc(-c4ccc(/C=C6\C(=O)c7cc(F)c(F)cc7C6=C(C#N)C#N)c6nsnc46)sc3c2C5(c2cc(C)cc(CCCCCC)c2)c2cc(CCCCCC)cc(CCCCCC)c2)c1. The van der Waals surface area contributed by atoms with E-state index in [1.807, 2.05) is 82.6 Å². The summed E-state index contributed by atoms with van der Waals surface area (Å²) in [5.41, 5.74) is 20.6. The van der Waals surface area contributed by atoms with Gasteiger partial charge < -0.3 is 0 Å². The Kier molecular flexibility index (Phi) is 29.6. The zero-order valence-electron chi connectivity index (χ0n) is 80.0. The number of carbonyl (C=O) groups excluding carboxylic acids is 2. The molecule has 139 heavy (non-hydrogen) atoms. The molecule has 5 aliphatic carbocycles. The molecular weight excluding hydrogens is 1860 g/mol. The number of fused-ring (bicyclic) bond motifs is 14. The number of allylic oxidation sites excluding steroid dienone is 11. The smallest absolute Gasteiger partial charge is 0.232 e. The lowest BCUT2D eigenvalue weighted by Crippen LogP contribution is -2.46. The minimum Gasteiger partial charge on any atom is -0.289 e. The van der Waals surface area contributed by atoms with E-state index in [2.05, 4.69) is 158 Å². The summed E-state index contributed by atoms with van der Waals surface area (Å²) in [5.74, 6) is -6.24. The van der Waals surface area contributed by atoms with E-state index in [0.29, 0.717) is 27.7 Å². The number of aryl methyl sites for hydroxylation is 8. The van der Waals surface area contributed by atoms with Crippen molar-refractivity contribution in [1.29, 1.82) is 21.0 Å². The molecule has 2 unspecified atom stereocenters. The van der Waals surface area contributed by atoms with Crippen molar-refractivity contribution in [2.24, 2.45) is 4.40 Å². The van der Waals surface area contributed by atoms with Crippen LogP contribution in [0.1, 0.15) is 327 Å². The van der Waals surface area contributed by atoms with Crippen LogP contribution in [0.5, 0.6) is 0 Å². The van der Waals surface area contributed by atoms with Crippen molar-refractivity contribution in [3.05, 3.63) is 312 Å². The van der Waals surface area contributed by atoms with Gasteiger partial charge in [0.25, 0.3) is 0 Å². The van der Waals surface area contributed by atoms with Gasteiger partial charge in [0.05, 0.1) is 61.7 Å². The van der Waals surface area contributed by atoms with Crippen molar-refractivity contribution in [2.45, 2.75) is 259 Å². The molecule has 0 radical (unpaired) electrons. The molecule has 0 amide bonds. The molecule has 6 heterocycles. The number of ketones is 2. The molecule has 21 heteroatoms. The van der Waals surface area contributed by atoms with Crippen LogP contribution in [0.25, 0.3) is 82.6 Å². The number of thiophene rings is 5. The number of nitrogens with two attached hydrogens (primary N) is 1. The highest BCUT2D eigenvalue weighted by Gasteiger charge is 2.57. The number of benzene rings is 7. The number of nitrogens with zero attached hydrogens (tertiary/aromatic N) is 7. The monoisotopic (exact) mass is 1970 g/mol. The number of nitriles is 4. The first-order valence-electron chi connectivity index (χ1n) is 49.6. The lowest BCUT2D eigenvalue weighted by atomic mass is 9.66. The lowest BCUT2D eigenvalue weighted by molar-refractivity contribution is -0.108. The van der Waals surface area contributed by atoms with E-state index in [4.69, 9.17) is 14.2 Å². The highest BCUT2D eigenvalue weighted by molar-refractivity contribution is 7.79. The van der Waals surface area contributed by atoms with Crippen molar-refractivity contribution >= 4 is 157 Å². The Hall–Kier alpha value is -11.5. The van der Waals surface area contributed by atoms with Crippen molar-refractivity contribution in [2.75, 3.05) is 0 Å². The standard InChI is InChI=1S/C118H110F4N8O2S7/c1-9-15-21-27-33-69-43-67(7)45-79(49-69)117(81-51-71(35-29-23-17-11-3)47-72(52-81)36-30-24-18-12-4)91-61-96(83-41-39-75(105(128-133)104(83)127)55-89-99(77(63-123)64-124)85-57-92(119)94(121)59-87(85)108(89)131)134-110(91)112-102(117)114-116(137-112)103-115(138-114)113-101(118(103,80-46-68(8)44-70(50-80)34-28-22-16-10-2)82-53-73(37-31-25-19-13-5)48-74(54-82)38-32-26-20-14-6)111-98(136-113)62-97(135-111)84-42-40-76(106-107(84)130-139-129-106)56-90-100(78(65-125)66-126)86-58-93(120)95(122)60-88(86)109(90)132/h39-62,127,133H,9-38H2,1-8H3/p+1/b89-55-,90-56-,127-104?,128-105?. The lowest BCUT2D eigenvalue weighted by Gasteiger charge is -2.35. The average molecular weight is 1970 g/mol. The Morgan fingerprint density at radius 1 is 0.410 bits per heavy atom. The summed E-state index contributed by atoms with van der Waals surface area (Å²) in [5, 5.41) is 49.3. The van der Waals surface area contributed by atoms with Crippen LogP contribution in [0.15, 0.2) is 172 Å². The van der Waals surface area contributed by atoms with E-state index in [9.17, 15) is 30.6 Å². The second-order valence-electron chi connectivity index (χ2n) is 38.2. The van der Waals surface area contributed by atoms with Crippen LogP contribution >= 0.6 is 81.2 Å². The van der Waals surface area contributed by atoms with E-state index in [-0.39, 0.29) is 56.0 Å². The number of rotatable bonds is 38. The maximum absolute atomic E-state index is 15.3. The minimum absolute atomic E-state index is 0.0299. The maximum atomic E-state index is 15.3. The molecule has 0 fully saturated rings. The van der Waals surface area contributed by atoms with Gasteiger partial charge in [-0.3, -0.25) is 15.0 Å². The van der Waals surface area contributed by atoms with Gasteiger partial charge >= 0.3 is 0 Å². The van der Waals surface area contributed by atoms with Crippen molar-refractivity contribution < 1.29 is 32.6 Å². The molecule has 13 aromatic rings. The summed E-state index contributed by atoms with van der Waals surface area (Å²) in [6, 6.07) is 50.2. The molecule has 2 atom stereocenters. The van der Waals surface area contributed by atoms with E-state index >= 15 is 17.6 Å². The van der Waals surface area contributed by atoms with E-state index < -0.39 is 56.8 Å². The molecule has 0 aliphatic heterocycles. The molecule has 0 bridgehead atoms. The number of unbranched alkanes of at least 4 members (excludes halogenated alkanes) is 18. The van der Waals surface area contributed by atoms with Gasteiger partial charge in [-0.2, -0.15) is 29.8 Å². The van der Waals surface area contributed by atoms with Gasteiger partial charge in [0.2, 0.25) is 5.71 Å². The molecule has 704 valence electrons. The number of hydrogen-bond donors (Lipinski definition) is 2. The second-order valence-corrected chi connectivity index (χ2v) is 44.1. The van der Waals surface area contributed by atoms with Crippen LogP contribution in [0.4, 0.5) is 17.6 Å². The van der Waals surface area contributed by atoms with E-state index in [0.717, 1.165) is 259 Å². The zero-order chi connectivity index (χ0) is 97.2. The van der Waals surface area contributed by atoms with Gasteiger partial charge in [0, 0.05) is 81.3 Å². The fraction of sp³-hybridized carbons (Fsp3) is 0.339. The Labute approximate surface area is 842 Å². The Morgan fingerprint density at radius 3 is 1.26 bits per heavy atom. The van der Waals surface area contributed by atoms with Gasteiger partial charge in [0.1, 0.15) is 52.2 Å². The number of halogens is 4. The van der Waals surface area contributed by atoms with Crippen LogP contribution in [0.3, 0.4) is 0 Å². The molecule has 5 aliphatic rings. The fourth-order valence-corrected chi connectivity index (χ4v) is 30.3. The third-order valence-electron chi connectivity index (χ3n) is 28.6. The summed E-state index contributed by atoms with van der Waals surface area (Å²) in [6.45, 7) is 18.2. The summed E-state index contributed by atoms with van der Waals surface area (Å²) < 4.78 is 80.2. The molecule has 7 aromatic carbocycles. The van der Waals surface area contributed by atoms with Crippen LogP contribution in [0, 0.1) is 82.4 Å². The predicted molar refractivity (Wildman–Crippen MR) is 572 cm³/mol. The van der Waals surface area contributed by atoms with Gasteiger partial charge in [-0.25, -0.2) is 22.0 Å². The molecule has 18 rings (SSSR count). The molecule has 2 N–H and O–H groups in total. The Morgan fingerprint density at radius 2 is 0.806 bits per heavy atom. The van der Waals surface area contributed by atoms with E-state index in [1.54, 1.807) is 28.7 Å². The molecule has 10 nitrogen and oxygen atoms in total. The van der Waals surface area contributed by atoms with E-state index in [1.165, 1.54) is 118 Å². The summed E-state index contributed by atoms with van der Waals surface area (Å²) in [6.07, 6.45) is 38.9. The zero-order valence-corrected chi connectivity index (χ0v) is 85.8. The van der Waals surface area contributed by atoms with Gasteiger partial charge in [0.15, 0.2) is 34.8 Å². The summed E-state index contributed by atoms with van der Waals surface area (Å²) in [4.78, 5) is 35.9. The number of hydrogen-bond acceptors (Lipinski definition) is 16. The number of Topliss-reactive ketones (excluding diaryl/α,β-unsaturated/α-hetero) is 2. The topological polar surface area (TPSA) is 193 Å². The van der Waals surface area contributed by atoms with Crippen LogP contribution in [-0.2, 0) is 49.4 Å². The van der Waals surface area contributed by atoms with Crippen LogP contribution < -0.4 is 5.41 Å². The molecule has 6 aromatic heterocycles. The largest absolute Gasteiger partial charge is 0.289 e. The summed E-state index contributed by atoms with van der Waals surface area (Å²) >= 11 is 15.0. The first-order valence-corrected chi connectivity index (χ1v) is 54.8. The van der Waals surface area contributed by atoms with Gasteiger partial charge in [-0.1, -0.05) is 259 Å². The second kappa shape index (κ2) is 42.1. The Balaban J connectivity index is 0.938. The van der Waals surface area contributed by atoms with Crippen LogP contribution in [0.2, 0.25) is 0 Å². The molecular formula is C118H111F4N8O2S7+. The number of aromatic nitrogens is 2. The van der Waals surface area contributed by atoms with Gasteiger partial charge in [-0.05, 0) is 231 Å². The fourth-order valence-electron chi connectivity index (χ4n) is 22.1. The highest BCUT2D eigenvalue weighted by Crippen LogP contribution is 2.72. The molecule has 0 saturated heterocycles. The normalized spacial score (nSPS) is 16.6. The molecule has 0 spiro atoms. The number of thiol groups is 1.